The Morgan fingerprint density at radius 1 is 0.875 bits per heavy atom. The average molecular weight is 570 g/mol. The van der Waals surface area contributed by atoms with Gasteiger partial charge >= 0.3 is 8.80 Å². The molecule has 1 heterocycles. The lowest BCUT2D eigenvalue weighted by Crippen LogP contribution is -2.51. The molecule has 11 heteroatoms. The number of fused-ring (bicyclic) bond motifs is 1. The van der Waals surface area contributed by atoms with E-state index in [1.807, 2.05) is 16.9 Å². The molecule has 0 amide bonds. The van der Waals surface area contributed by atoms with E-state index in [1.165, 1.54) is 4.70 Å². The summed E-state index contributed by atoms with van der Waals surface area (Å²) in [6.45, 7) is 12.8. The van der Waals surface area contributed by atoms with Crippen molar-refractivity contribution in [2.24, 2.45) is 0 Å². The van der Waals surface area contributed by atoms with Crippen LogP contribution in [0.15, 0.2) is 28.6 Å². The second kappa shape index (κ2) is 15.8. The number of hydrogen-bond acceptors (Lipinski definition) is 10. The largest absolute Gasteiger partial charge is 0.502 e. The Labute approximate surface area is 217 Å². The van der Waals surface area contributed by atoms with Crippen molar-refractivity contribution in [1.82, 2.24) is 4.98 Å². The van der Waals surface area contributed by atoms with Crippen LogP contribution in [0.25, 0.3) is 10.2 Å². The van der Waals surface area contributed by atoms with Gasteiger partial charge in [0.25, 0.3) is 0 Å². The Balaban J connectivity index is 1.81. The molecule has 0 aliphatic rings. The monoisotopic (exact) mass is 569 g/mol. The van der Waals surface area contributed by atoms with Crippen LogP contribution in [-0.2, 0) is 13.3 Å². The van der Waals surface area contributed by atoms with Gasteiger partial charge in [-0.3, -0.25) is 0 Å². The number of rotatable bonds is 17. The fourth-order valence-corrected chi connectivity index (χ4v) is 17.0. The number of aromatic nitrogens is 1. The van der Waals surface area contributed by atoms with Gasteiger partial charge in [-0.1, -0.05) is 43.7 Å². The second-order valence-electron chi connectivity index (χ2n) is 7.50. The first-order chi connectivity index (χ1) is 15.4. The van der Waals surface area contributed by atoms with E-state index in [0.717, 1.165) is 40.9 Å². The summed E-state index contributed by atoms with van der Waals surface area (Å²) in [5.41, 5.74) is 1.08. The Morgan fingerprint density at radius 3 is 2.03 bits per heavy atom. The molecule has 1 aromatic carbocycles. The van der Waals surface area contributed by atoms with Gasteiger partial charge in [0.05, 0.1) is 10.2 Å². The van der Waals surface area contributed by atoms with E-state index in [4.69, 9.17) is 13.3 Å². The highest BCUT2D eigenvalue weighted by atomic mass is 33.8. The van der Waals surface area contributed by atoms with E-state index in [-0.39, 0.29) is 18.3 Å². The molecule has 3 unspecified atom stereocenters. The van der Waals surface area contributed by atoms with Gasteiger partial charge in [0.1, 0.15) is 0 Å². The molecule has 182 valence electrons. The van der Waals surface area contributed by atoms with Crippen LogP contribution in [0.4, 0.5) is 0 Å². The molecule has 3 atom stereocenters. The SMILES string of the molecule is CCC(C)O[Si](CCSSSSSc1nc2ccccc2s1)(OC(C)CC)OC(C)CC. The summed E-state index contributed by atoms with van der Waals surface area (Å²) in [7, 11) is 6.18. The van der Waals surface area contributed by atoms with Crippen molar-refractivity contribution in [3.05, 3.63) is 24.3 Å². The van der Waals surface area contributed by atoms with Crippen LogP contribution in [0.5, 0.6) is 0 Å². The third-order valence-electron chi connectivity index (χ3n) is 4.84. The highest BCUT2D eigenvalue weighted by Gasteiger charge is 2.44. The minimum absolute atomic E-state index is 0.141. The number of para-hydroxylation sites is 1. The fourth-order valence-electron chi connectivity index (χ4n) is 2.59. The standard InChI is InChI=1S/C21H35NO3S6Si/c1-7-16(4)23-32(24-17(5)8-2,25-18(6)9-3)15-14-26-29-31-30-28-21-22-19-12-10-11-13-20(19)27-21/h10-13,16-18H,7-9,14-15H2,1-6H3. The third kappa shape index (κ3) is 10.3. The van der Waals surface area contributed by atoms with Gasteiger partial charge < -0.3 is 13.3 Å². The van der Waals surface area contributed by atoms with Crippen molar-refractivity contribution >= 4 is 81.4 Å². The molecule has 0 bridgehead atoms. The minimum Gasteiger partial charge on any atom is -0.371 e. The van der Waals surface area contributed by atoms with Gasteiger partial charge in [-0.05, 0) is 92.4 Å². The average Bonchev–Trinajstić information content (AvgIpc) is 3.20. The van der Waals surface area contributed by atoms with Crippen LogP contribution < -0.4 is 0 Å². The molecule has 2 aromatic rings. The summed E-state index contributed by atoms with van der Waals surface area (Å²) in [5.74, 6) is 0.944. The predicted octanol–water partition coefficient (Wildman–Crippen LogP) is 9.37. The Kier molecular flexibility index (Phi) is 14.5. The zero-order valence-electron chi connectivity index (χ0n) is 19.7. The quantitative estimate of drug-likeness (QED) is 0.105. The number of hydrogen-bond donors (Lipinski definition) is 0. The zero-order chi connectivity index (χ0) is 23.4. The van der Waals surface area contributed by atoms with Crippen LogP contribution in [0.1, 0.15) is 60.8 Å². The van der Waals surface area contributed by atoms with Gasteiger partial charge in [-0.2, -0.15) is 0 Å². The molecule has 1 aromatic heterocycles. The van der Waals surface area contributed by atoms with Crippen LogP contribution in [0, 0.1) is 0 Å². The second-order valence-corrected chi connectivity index (χ2v) is 19.1. The number of nitrogens with zero attached hydrogens (tertiary/aromatic N) is 1. The summed E-state index contributed by atoms with van der Waals surface area (Å²) >= 11 is 1.75. The Morgan fingerprint density at radius 2 is 1.47 bits per heavy atom. The molecule has 0 saturated heterocycles. The first-order valence-electron chi connectivity index (χ1n) is 11.1. The molecular formula is C21H35NO3S6Si. The van der Waals surface area contributed by atoms with Crippen molar-refractivity contribution in [1.29, 1.82) is 0 Å². The van der Waals surface area contributed by atoms with Gasteiger partial charge in [-0.15, -0.1) is 11.3 Å². The highest BCUT2D eigenvalue weighted by molar-refractivity contribution is 9.35. The molecular weight excluding hydrogens is 535 g/mol. The Hall–Kier alpha value is 0.957. The fraction of sp³-hybridized carbons (Fsp3) is 0.667. The summed E-state index contributed by atoms with van der Waals surface area (Å²) in [6, 6.07) is 9.13. The topological polar surface area (TPSA) is 40.6 Å². The molecule has 4 nitrogen and oxygen atoms in total. The molecule has 0 fully saturated rings. The smallest absolute Gasteiger partial charge is 0.371 e. The van der Waals surface area contributed by atoms with Crippen LogP contribution in [0.2, 0.25) is 6.04 Å². The number of thiazole rings is 1. The van der Waals surface area contributed by atoms with E-state index in [0.29, 0.717) is 0 Å². The molecule has 0 N–H and O–H groups in total. The number of benzene rings is 1. The molecule has 0 aliphatic carbocycles. The van der Waals surface area contributed by atoms with Gasteiger partial charge in [0.2, 0.25) is 0 Å². The molecule has 2 rings (SSSR count). The lowest BCUT2D eigenvalue weighted by Gasteiger charge is -2.36. The maximum atomic E-state index is 6.50. The first kappa shape index (κ1) is 29.2. The van der Waals surface area contributed by atoms with Crippen LogP contribution in [0.3, 0.4) is 0 Å². The van der Waals surface area contributed by atoms with Gasteiger partial charge in [-0.25, -0.2) is 4.98 Å². The summed E-state index contributed by atoms with van der Waals surface area (Å²) < 4.78 is 21.8. The van der Waals surface area contributed by atoms with E-state index in [1.54, 1.807) is 51.6 Å². The third-order valence-corrected chi connectivity index (χ3v) is 18.2. The summed E-state index contributed by atoms with van der Waals surface area (Å²) in [5, 5.41) is 0. The van der Waals surface area contributed by atoms with Crippen molar-refractivity contribution in [2.45, 2.75) is 89.5 Å². The molecule has 0 aliphatic heterocycles. The van der Waals surface area contributed by atoms with Crippen LogP contribution in [-0.4, -0.2) is 37.9 Å². The van der Waals surface area contributed by atoms with Gasteiger partial charge in [0, 0.05) is 30.1 Å². The maximum absolute atomic E-state index is 6.50. The van der Waals surface area contributed by atoms with E-state index >= 15 is 0 Å². The first-order valence-corrected chi connectivity index (χ1v) is 20.2. The zero-order valence-corrected chi connectivity index (χ0v) is 25.6. The molecule has 0 radical (unpaired) electrons. The molecule has 32 heavy (non-hydrogen) atoms. The molecule has 0 saturated carbocycles. The predicted molar refractivity (Wildman–Crippen MR) is 154 cm³/mol. The minimum atomic E-state index is -2.75. The highest BCUT2D eigenvalue weighted by Crippen LogP contribution is 2.52. The lowest BCUT2D eigenvalue weighted by atomic mass is 10.3. The van der Waals surface area contributed by atoms with E-state index < -0.39 is 8.80 Å². The maximum Gasteiger partial charge on any atom is 0.502 e. The summed E-state index contributed by atoms with van der Waals surface area (Å²) in [6.07, 6.45) is 3.30. The van der Waals surface area contributed by atoms with E-state index in [9.17, 15) is 0 Å². The normalized spacial score (nSPS) is 16.7. The summed E-state index contributed by atoms with van der Waals surface area (Å²) in [4.78, 5) is 4.67. The van der Waals surface area contributed by atoms with Crippen molar-refractivity contribution in [3.63, 3.8) is 0 Å². The van der Waals surface area contributed by atoms with Crippen molar-refractivity contribution in [3.8, 4) is 0 Å². The van der Waals surface area contributed by atoms with E-state index in [2.05, 4.69) is 64.7 Å². The van der Waals surface area contributed by atoms with Crippen molar-refractivity contribution < 1.29 is 13.3 Å². The lowest BCUT2D eigenvalue weighted by molar-refractivity contribution is -0.00961. The molecule has 0 spiro atoms. The Bertz CT molecular complexity index is 719. The van der Waals surface area contributed by atoms with Crippen molar-refractivity contribution in [2.75, 3.05) is 5.75 Å². The van der Waals surface area contributed by atoms with Gasteiger partial charge in [0.15, 0.2) is 4.34 Å². The van der Waals surface area contributed by atoms with Crippen LogP contribution >= 0.6 is 62.4 Å².